The first-order chi connectivity index (χ1) is 7.76. The second-order valence-corrected chi connectivity index (χ2v) is 4.68. The van der Waals surface area contributed by atoms with Crippen molar-refractivity contribution in [3.05, 3.63) is 12.4 Å². The third-order valence-electron chi connectivity index (χ3n) is 2.43. The highest BCUT2D eigenvalue weighted by molar-refractivity contribution is 7.98. The SMILES string of the molecule is CSc1cc(NCCCC(C)CN)ncn1. The molecule has 0 aliphatic rings. The third-order valence-corrected chi connectivity index (χ3v) is 3.07. The molecule has 5 heteroatoms. The smallest absolute Gasteiger partial charge is 0.130 e. The molecule has 0 saturated carbocycles. The van der Waals surface area contributed by atoms with E-state index in [-0.39, 0.29) is 0 Å². The molecule has 4 nitrogen and oxygen atoms in total. The summed E-state index contributed by atoms with van der Waals surface area (Å²) in [5.74, 6) is 1.51. The van der Waals surface area contributed by atoms with Crippen molar-refractivity contribution in [3.8, 4) is 0 Å². The van der Waals surface area contributed by atoms with Crippen LogP contribution in [-0.4, -0.2) is 29.3 Å². The van der Waals surface area contributed by atoms with Gasteiger partial charge in [0.1, 0.15) is 17.2 Å². The van der Waals surface area contributed by atoms with Crippen molar-refractivity contribution in [1.82, 2.24) is 9.97 Å². The summed E-state index contributed by atoms with van der Waals surface area (Å²) in [5.41, 5.74) is 5.56. The molecule has 16 heavy (non-hydrogen) atoms. The van der Waals surface area contributed by atoms with E-state index in [1.807, 2.05) is 12.3 Å². The third kappa shape index (κ3) is 4.81. The minimum Gasteiger partial charge on any atom is -0.370 e. The summed E-state index contributed by atoms with van der Waals surface area (Å²) in [6.45, 7) is 3.88. The van der Waals surface area contributed by atoms with Gasteiger partial charge in [-0.15, -0.1) is 11.8 Å². The highest BCUT2D eigenvalue weighted by atomic mass is 32.2. The fourth-order valence-electron chi connectivity index (χ4n) is 1.33. The molecule has 0 spiro atoms. The molecule has 1 heterocycles. The minimum absolute atomic E-state index is 0.606. The van der Waals surface area contributed by atoms with Crippen LogP contribution in [0.1, 0.15) is 19.8 Å². The maximum atomic E-state index is 5.56. The Morgan fingerprint density at radius 1 is 1.50 bits per heavy atom. The van der Waals surface area contributed by atoms with Crippen molar-refractivity contribution < 1.29 is 0 Å². The Hall–Kier alpha value is -0.810. The summed E-state index contributed by atoms with van der Waals surface area (Å²) in [6, 6.07) is 1.97. The number of hydrogen-bond acceptors (Lipinski definition) is 5. The molecular weight excluding hydrogens is 220 g/mol. The highest BCUT2D eigenvalue weighted by Crippen LogP contribution is 2.13. The summed E-state index contributed by atoms with van der Waals surface area (Å²) in [6.07, 6.45) is 5.88. The van der Waals surface area contributed by atoms with Gasteiger partial charge < -0.3 is 11.1 Å². The molecule has 1 aromatic rings. The lowest BCUT2D eigenvalue weighted by Gasteiger charge is -2.09. The average Bonchev–Trinajstić information content (AvgIpc) is 2.34. The number of thioether (sulfide) groups is 1. The van der Waals surface area contributed by atoms with Crippen LogP contribution in [-0.2, 0) is 0 Å². The van der Waals surface area contributed by atoms with Crippen LogP contribution in [0.25, 0.3) is 0 Å². The van der Waals surface area contributed by atoms with Gasteiger partial charge in [0.05, 0.1) is 0 Å². The number of aromatic nitrogens is 2. The zero-order chi connectivity index (χ0) is 11.8. The van der Waals surface area contributed by atoms with E-state index in [2.05, 4.69) is 22.2 Å². The van der Waals surface area contributed by atoms with Crippen LogP contribution < -0.4 is 11.1 Å². The molecule has 1 atom stereocenters. The summed E-state index contributed by atoms with van der Waals surface area (Å²) >= 11 is 1.62. The number of nitrogens with two attached hydrogens (primary N) is 1. The Balaban J connectivity index is 2.26. The highest BCUT2D eigenvalue weighted by Gasteiger charge is 1.99. The van der Waals surface area contributed by atoms with Crippen LogP contribution in [0.4, 0.5) is 5.82 Å². The van der Waals surface area contributed by atoms with E-state index in [0.29, 0.717) is 5.92 Å². The monoisotopic (exact) mass is 240 g/mol. The zero-order valence-corrected chi connectivity index (χ0v) is 10.8. The fraction of sp³-hybridized carbons (Fsp3) is 0.636. The number of anilines is 1. The lowest BCUT2D eigenvalue weighted by Crippen LogP contribution is -2.12. The Bertz CT molecular complexity index is 306. The van der Waals surface area contributed by atoms with E-state index in [4.69, 9.17) is 5.73 Å². The summed E-state index contributed by atoms with van der Waals surface area (Å²) in [5, 5.41) is 4.29. The first-order valence-corrected chi connectivity index (χ1v) is 6.78. The molecule has 1 rings (SSSR count). The predicted octanol–water partition coefficient (Wildman–Crippen LogP) is 1.99. The van der Waals surface area contributed by atoms with E-state index in [1.165, 1.54) is 0 Å². The number of nitrogens with zero attached hydrogens (tertiary/aromatic N) is 2. The first-order valence-electron chi connectivity index (χ1n) is 5.56. The van der Waals surface area contributed by atoms with E-state index in [9.17, 15) is 0 Å². The van der Waals surface area contributed by atoms with Gasteiger partial charge in [-0.05, 0) is 31.6 Å². The van der Waals surface area contributed by atoms with Crippen LogP contribution in [0.5, 0.6) is 0 Å². The van der Waals surface area contributed by atoms with Gasteiger partial charge in [0.25, 0.3) is 0 Å². The lowest BCUT2D eigenvalue weighted by atomic mass is 10.1. The van der Waals surface area contributed by atoms with Crippen molar-refractivity contribution in [3.63, 3.8) is 0 Å². The molecule has 0 saturated heterocycles. The van der Waals surface area contributed by atoms with E-state index in [0.717, 1.165) is 36.8 Å². The van der Waals surface area contributed by atoms with Gasteiger partial charge in [-0.1, -0.05) is 6.92 Å². The van der Waals surface area contributed by atoms with E-state index >= 15 is 0 Å². The van der Waals surface area contributed by atoms with Crippen molar-refractivity contribution in [2.75, 3.05) is 24.7 Å². The van der Waals surface area contributed by atoms with Crippen molar-refractivity contribution in [1.29, 1.82) is 0 Å². The molecule has 0 amide bonds. The molecular formula is C11H20N4S. The average molecular weight is 240 g/mol. The van der Waals surface area contributed by atoms with Gasteiger partial charge >= 0.3 is 0 Å². The Labute approximate surface area is 101 Å². The second-order valence-electron chi connectivity index (χ2n) is 3.86. The number of hydrogen-bond donors (Lipinski definition) is 2. The van der Waals surface area contributed by atoms with Crippen LogP contribution in [0.15, 0.2) is 17.4 Å². The maximum absolute atomic E-state index is 5.56. The zero-order valence-electron chi connectivity index (χ0n) is 9.94. The molecule has 0 radical (unpaired) electrons. The van der Waals surface area contributed by atoms with Crippen LogP contribution in [0, 0.1) is 5.92 Å². The lowest BCUT2D eigenvalue weighted by molar-refractivity contribution is 0.529. The maximum Gasteiger partial charge on any atom is 0.130 e. The van der Waals surface area contributed by atoms with Crippen molar-refractivity contribution >= 4 is 17.6 Å². The second kappa shape index (κ2) is 7.46. The van der Waals surface area contributed by atoms with Gasteiger partial charge in [0.15, 0.2) is 0 Å². The van der Waals surface area contributed by atoms with Crippen molar-refractivity contribution in [2.24, 2.45) is 11.7 Å². The van der Waals surface area contributed by atoms with E-state index < -0.39 is 0 Å². The quantitative estimate of drug-likeness (QED) is 0.433. The van der Waals surface area contributed by atoms with Crippen LogP contribution in [0.3, 0.4) is 0 Å². The fourth-order valence-corrected chi connectivity index (χ4v) is 1.71. The number of rotatable bonds is 7. The normalized spacial score (nSPS) is 12.4. The molecule has 0 aliphatic carbocycles. The summed E-state index contributed by atoms with van der Waals surface area (Å²) in [7, 11) is 0. The Kier molecular flexibility index (Phi) is 6.18. The topological polar surface area (TPSA) is 63.8 Å². The van der Waals surface area contributed by atoms with E-state index in [1.54, 1.807) is 18.1 Å². The minimum atomic E-state index is 0.606. The van der Waals surface area contributed by atoms with Gasteiger partial charge in [0.2, 0.25) is 0 Å². The molecule has 0 fully saturated rings. The van der Waals surface area contributed by atoms with Gasteiger partial charge in [-0.2, -0.15) is 0 Å². The van der Waals surface area contributed by atoms with Gasteiger partial charge in [0, 0.05) is 12.6 Å². The Morgan fingerprint density at radius 3 is 3.00 bits per heavy atom. The molecule has 90 valence electrons. The summed E-state index contributed by atoms with van der Waals surface area (Å²) < 4.78 is 0. The van der Waals surface area contributed by atoms with Crippen LogP contribution >= 0.6 is 11.8 Å². The van der Waals surface area contributed by atoms with Crippen LogP contribution in [0.2, 0.25) is 0 Å². The molecule has 1 unspecified atom stereocenters. The molecule has 3 N–H and O–H groups in total. The summed E-state index contributed by atoms with van der Waals surface area (Å²) in [4.78, 5) is 8.29. The molecule has 1 aromatic heterocycles. The molecule has 0 aliphatic heterocycles. The largest absolute Gasteiger partial charge is 0.370 e. The first kappa shape index (κ1) is 13.3. The van der Waals surface area contributed by atoms with Gasteiger partial charge in [-0.3, -0.25) is 0 Å². The van der Waals surface area contributed by atoms with Crippen molar-refractivity contribution in [2.45, 2.75) is 24.8 Å². The standard InChI is InChI=1S/C11H20N4S/c1-9(7-12)4-3-5-13-10-6-11(16-2)15-8-14-10/h6,8-9H,3-5,7,12H2,1-2H3,(H,13,14,15). The molecule has 0 bridgehead atoms. The predicted molar refractivity (Wildman–Crippen MR) is 69.8 cm³/mol. The number of nitrogens with one attached hydrogen (secondary N) is 1. The molecule has 0 aromatic carbocycles. The Morgan fingerprint density at radius 2 is 2.31 bits per heavy atom. The van der Waals surface area contributed by atoms with Gasteiger partial charge in [-0.25, -0.2) is 9.97 Å².